The van der Waals surface area contributed by atoms with Gasteiger partial charge in [-0.1, -0.05) is 37.3 Å². The monoisotopic (exact) mass is 206 g/mol. The molecule has 1 aliphatic heterocycles. The molecule has 1 aromatic carbocycles. The van der Waals surface area contributed by atoms with Gasteiger partial charge in [0.05, 0.1) is 12.7 Å². The molecule has 0 radical (unpaired) electrons. The third kappa shape index (κ3) is 2.39. The van der Waals surface area contributed by atoms with Crippen molar-refractivity contribution in [2.24, 2.45) is 5.92 Å². The lowest BCUT2D eigenvalue weighted by Gasteiger charge is -2.40. The summed E-state index contributed by atoms with van der Waals surface area (Å²) in [4.78, 5) is 0. The number of rotatable bonds is 1. The summed E-state index contributed by atoms with van der Waals surface area (Å²) in [6, 6.07) is 10.4. The molecule has 0 aromatic heterocycles. The van der Waals surface area contributed by atoms with Crippen LogP contribution in [0.5, 0.6) is 0 Å². The van der Waals surface area contributed by atoms with E-state index in [0.29, 0.717) is 5.92 Å². The highest BCUT2D eigenvalue weighted by Gasteiger charge is 2.34. The standard InChI is InChI=1S/C13H18O2/c1-10-9-14-13(2,3)15-12(10)11-7-5-4-6-8-11/h4-8,10,12H,9H2,1-3H3/t10-,12+/m0/s1. The van der Waals surface area contributed by atoms with Gasteiger partial charge in [-0.25, -0.2) is 0 Å². The molecule has 0 unspecified atom stereocenters. The first-order chi connectivity index (χ1) is 7.08. The van der Waals surface area contributed by atoms with Gasteiger partial charge in [0.15, 0.2) is 5.79 Å². The van der Waals surface area contributed by atoms with Crippen molar-refractivity contribution in [3.05, 3.63) is 35.9 Å². The van der Waals surface area contributed by atoms with Gasteiger partial charge in [0, 0.05) is 5.92 Å². The second kappa shape index (κ2) is 3.95. The number of hydrogen-bond acceptors (Lipinski definition) is 2. The van der Waals surface area contributed by atoms with Crippen LogP contribution < -0.4 is 0 Å². The van der Waals surface area contributed by atoms with E-state index in [-0.39, 0.29) is 6.10 Å². The fraction of sp³-hybridized carbons (Fsp3) is 0.538. The van der Waals surface area contributed by atoms with Crippen LogP contribution in [0.25, 0.3) is 0 Å². The molecule has 0 amide bonds. The van der Waals surface area contributed by atoms with E-state index in [0.717, 1.165) is 6.61 Å². The van der Waals surface area contributed by atoms with Gasteiger partial charge in [-0.3, -0.25) is 0 Å². The molecule has 0 N–H and O–H groups in total. The SMILES string of the molecule is C[C@H]1COC(C)(C)O[C@H]1c1ccccc1. The first kappa shape index (κ1) is 10.7. The third-order valence-corrected chi connectivity index (χ3v) is 2.75. The highest BCUT2D eigenvalue weighted by Crippen LogP contribution is 2.36. The van der Waals surface area contributed by atoms with E-state index in [4.69, 9.17) is 9.47 Å². The molecule has 0 saturated carbocycles. The van der Waals surface area contributed by atoms with E-state index in [9.17, 15) is 0 Å². The molecule has 1 aromatic rings. The molecule has 2 atom stereocenters. The van der Waals surface area contributed by atoms with E-state index < -0.39 is 5.79 Å². The molecule has 2 nitrogen and oxygen atoms in total. The zero-order valence-corrected chi connectivity index (χ0v) is 9.57. The summed E-state index contributed by atoms with van der Waals surface area (Å²) in [7, 11) is 0. The zero-order chi connectivity index (χ0) is 10.9. The summed E-state index contributed by atoms with van der Waals surface area (Å²) in [5, 5.41) is 0. The normalized spacial score (nSPS) is 30.1. The first-order valence-corrected chi connectivity index (χ1v) is 5.45. The number of ether oxygens (including phenoxy) is 2. The van der Waals surface area contributed by atoms with E-state index in [2.05, 4.69) is 19.1 Å². The molecule has 1 aliphatic rings. The molecule has 0 spiro atoms. The molecule has 1 heterocycles. The average molecular weight is 206 g/mol. The molecule has 0 aliphatic carbocycles. The Morgan fingerprint density at radius 2 is 1.87 bits per heavy atom. The van der Waals surface area contributed by atoms with Crippen LogP contribution in [0.3, 0.4) is 0 Å². The minimum atomic E-state index is -0.465. The van der Waals surface area contributed by atoms with Gasteiger partial charge in [0.25, 0.3) is 0 Å². The van der Waals surface area contributed by atoms with Crippen molar-refractivity contribution in [1.82, 2.24) is 0 Å². The topological polar surface area (TPSA) is 18.5 Å². The molecule has 2 rings (SSSR count). The lowest BCUT2D eigenvalue weighted by molar-refractivity contribution is -0.293. The Labute approximate surface area is 91.2 Å². The zero-order valence-electron chi connectivity index (χ0n) is 9.57. The van der Waals surface area contributed by atoms with Gasteiger partial charge < -0.3 is 9.47 Å². The van der Waals surface area contributed by atoms with Gasteiger partial charge in [-0.15, -0.1) is 0 Å². The quantitative estimate of drug-likeness (QED) is 0.702. The average Bonchev–Trinajstić information content (AvgIpc) is 2.23. The molecule has 1 saturated heterocycles. The van der Waals surface area contributed by atoms with Crippen LogP contribution in [0, 0.1) is 5.92 Å². The van der Waals surface area contributed by atoms with Crippen LogP contribution in [0.2, 0.25) is 0 Å². The van der Waals surface area contributed by atoms with Crippen molar-refractivity contribution in [3.63, 3.8) is 0 Å². The summed E-state index contributed by atoms with van der Waals surface area (Å²) < 4.78 is 11.6. The Morgan fingerprint density at radius 3 is 2.53 bits per heavy atom. The Balaban J connectivity index is 2.20. The second-order valence-electron chi connectivity index (χ2n) is 4.64. The van der Waals surface area contributed by atoms with E-state index >= 15 is 0 Å². The van der Waals surface area contributed by atoms with Crippen LogP contribution in [0.15, 0.2) is 30.3 Å². The van der Waals surface area contributed by atoms with Gasteiger partial charge in [0.2, 0.25) is 0 Å². The van der Waals surface area contributed by atoms with E-state index in [1.54, 1.807) is 0 Å². The van der Waals surface area contributed by atoms with Crippen molar-refractivity contribution >= 4 is 0 Å². The molecule has 15 heavy (non-hydrogen) atoms. The summed E-state index contributed by atoms with van der Waals surface area (Å²) in [6.45, 7) is 6.85. The minimum Gasteiger partial charge on any atom is -0.350 e. The highest BCUT2D eigenvalue weighted by molar-refractivity contribution is 5.18. The van der Waals surface area contributed by atoms with Crippen molar-refractivity contribution in [3.8, 4) is 0 Å². The fourth-order valence-electron chi connectivity index (χ4n) is 1.91. The van der Waals surface area contributed by atoms with Crippen molar-refractivity contribution in [2.75, 3.05) is 6.61 Å². The van der Waals surface area contributed by atoms with E-state index in [1.807, 2.05) is 32.0 Å². The number of hydrogen-bond donors (Lipinski definition) is 0. The molecule has 1 fully saturated rings. The largest absolute Gasteiger partial charge is 0.350 e. The first-order valence-electron chi connectivity index (χ1n) is 5.45. The van der Waals surface area contributed by atoms with Gasteiger partial charge in [-0.05, 0) is 19.4 Å². The molecular weight excluding hydrogens is 188 g/mol. The molecular formula is C13H18O2. The van der Waals surface area contributed by atoms with Crippen molar-refractivity contribution in [2.45, 2.75) is 32.7 Å². The lowest BCUT2D eigenvalue weighted by Crippen LogP contribution is -2.40. The Bertz CT molecular complexity index is 319. The van der Waals surface area contributed by atoms with Crippen LogP contribution in [0.4, 0.5) is 0 Å². The smallest absolute Gasteiger partial charge is 0.163 e. The van der Waals surface area contributed by atoms with Crippen LogP contribution in [-0.2, 0) is 9.47 Å². The second-order valence-corrected chi connectivity index (χ2v) is 4.64. The van der Waals surface area contributed by atoms with Crippen LogP contribution >= 0.6 is 0 Å². The van der Waals surface area contributed by atoms with E-state index in [1.165, 1.54) is 5.56 Å². The van der Waals surface area contributed by atoms with Gasteiger partial charge in [-0.2, -0.15) is 0 Å². The van der Waals surface area contributed by atoms with Crippen molar-refractivity contribution < 1.29 is 9.47 Å². The third-order valence-electron chi connectivity index (χ3n) is 2.75. The maximum atomic E-state index is 5.95. The summed E-state index contributed by atoms with van der Waals surface area (Å²) >= 11 is 0. The predicted molar refractivity (Wildman–Crippen MR) is 59.5 cm³/mol. The molecule has 82 valence electrons. The molecule has 2 heteroatoms. The van der Waals surface area contributed by atoms with Gasteiger partial charge in [0.1, 0.15) is 0 Å². The summed E-state index contributed by atoms with van der Waals surface area (Å²) in [6.07, 6.45) is 0.148. The summed E-state index contributed by atoms with van der Waals surface area (Å²) in [5.41, 5.74) is 1.24. The van der Waals surface area contributed by atoms with Gasteiger partial charge >= 0.3 is 0 Å². The van der Waals surface area contributed by atoms with Crippen molar-refractivity contribution in [1.29, 1.82) is 0 Å². The highest BCUT2D eigenvalue weighted by atomic mass is 16.7. The predicted octanol–water partition coefficient (Wildman–Crippen LogP) is 3.15. The van der Waals surface area contributed by atoms with Crippen LogP contribution in [0.1, 0.15) is 32.4 Å². The fourth-order valence-corrected chi connectivity index (χ4v) is 1.91. The lowest BCUT2D eigenvalue weighted by atomic mass is 9.96. The maximum absolute atomic E-state index is 5.95. The minimum absolute atomic E-state index is 0.148. The Kier molecular flexibility index (Phi) is 2.81. The Hall–Kier alpha value is -0.860. The maximum Gasteiger partial charge on any atom is 0.163 e. The number of benzene rings is 1. The Morgan fingerprint density at radius 1 is 1.20 bits per heavy atom. The summed E-state index contributed by atoms with van der Waals surface area (Å²) in [5.74, 6) is -0.0621. The molecule has 0 bridgehead atoms. The van der Waals surface area contributed by atoms with Crippen LogP contribution in [-0.4, -0.2) is 12.4 Å².